The number of amides is 1. The number of pyridine rings is 1. The van der Waals surface area contributed by atoms with Gasteiger partial charge in [-0.05, 0) is 45.0 Å². The van der Waals surface area contributed by atoms with Crippen molar-refractivity contribution in [1.82, 2.24) is 10.3 Å². The predicted octanol–water partition coefficient (Wildman–Crippen LogP) is 2.77. The molecule has 1 amide bonds. The zero-order valence-electron chi connectivity index (χ0n) is 16.0. The van der Waals surface area contributed by atoms with Gasteiger partial charge in [-0.3, -0.25) is 0 Å². The average Bonchev–Trinajstić information content (AvgIpc) is 2.58. The number of alkyl carbamates (subject to hydrolysis) is 1. The van der Waals surface area contributed by atoms with Crippen molar-refractivity contribution >= 4 is 23.0 Å². The monoisotopic (exact) mass is 376 g/mol. The Hall–Kier alpha value is -3.03. The molecular weight excluding hydrogens is 352 g/mol. The molecule has 0 saturated heterocycles. The molecule has 0 aliphatic heterocycles. The number of nitrogens with zero attached hydrogens (tertiary/aromatic N) is 1. The van der Waals surface area contributed by atoms with Crippen LogP contribution in [0.3, 0.4) is 0 Å². The standard InChI is InChI=1S/C19H24N2O6/c1-19(2,3)27-18(24)21-15(17(22)23)10-12-8-11-9-13(25-4)6-7-14(11)20-16(12)26-5/h6-9,15H,10H2,1-5H3,(H,21,24)(H,22,23). The molecule has 0 spiro atoms. The molecule has 0 saturated carbocycles. The van der Waals surface area contributed by atoms with Crippen LogP contribution < -0.4 is 14.8 Å². The molecule has 0 radical (unpaired) electrons. The number of benzene rings is 1. The Balaban J connectivity index is 2.31. The van der Waals surface area contributed by atoms with Gasteiger partial charge >= 0.3 is 12.1 Å². The van der Waals surface area contributed by atoms with Gasteiger partial charge < -0.3 is 24.6 Å². The van der Waals surface area contributed by atoms with Crippen LogP contribution in [0.25, 0.3) is 10.9 Å². The van der Waals surface area contributed by atoms with Crippen LogP contribution in [0.15, 0.2) is 24.3 Å². The number of hydrogen-bond acceptors (Lipinski definition) is 6. The summed E-state index contributed by atoms with van der Waals surface area (Å²) in [5.41, 5.74) is 0.497. The molecule has 1 atom stereocenters. The van der Waals surface area contributed by atoms with Crippen LogP contribution in [0.2, 0.25) is 0 Å². The van der Waals surface area contributed by atoms with Crippen molar-refractivity contribution in [3.05, 3.63) is 29.8 Å². The number of carbonyl (C=O) groups is 2. The zero-order valence-corrected chi connectivity index (χ0v) is 16.0. The van der Waals surface area contributed by atoms with E-state index in [1.807, 2.05) is 0 Å². The molecule has 0 aliphatic rings. The van der Waals surface area contributed by atoms with Gasteiger partial charge in [-0.15, -0.1) is 0 Å². The molecular formula is C19H24N2O6. The molecule has 0 fully saturated rings. The number of nitrogens with one attached hydrogen (secondary N) is 1. The number of fused-ring (bicyclic) bond motifs is 1. The normalized spacial score (nSPS) is 12.3. The fraction of sp³-hybridized carbons (Fsp3) is 0.421. The van der Waals surface area contributed by atoms with Gasteiger partial charge in [0.15, 0.2) is 0 Å². The van der Waals surface area contributed by atoms with Crippen LogP contribution in [0.1, 0.15) is 26.3 Å². The van der Waals surface area contributed by atoms with Crippen LogP contribution in [0.5, 0.6) is 11.6 Å². The second-order valence-corrected chi connectivity index (χ2v) is 6.96. The smallest absolute Gasteiger partial charge is 0.408 e. The number of carbonyl (C=O) groups excluding carboxylic acids is 1. The Kier molecular flexibility index (Phi) is 6.09. The lowest BCUT2D eigenvalue weighted by molar-refractivity contribution is -0.139. The number of aromatic nitrogens is 1. The molecule has 27 heavy (non-hydrogen) atoms. The number of methoxy groups -OCH3 is 2. The molecule has 1 heterocycles. The summed E-state index contributed by atoms with van der Waals surface area (Å²) in [6.07, 6.45) is -0.818. The lowest BCUT2D eigenvalue weighted by Gasteiger charge is -2.22. The summed E-state index contributed by atoms with van der Waals surface area (Å²) in [6, 6.07) is 5.93. The van der Waals surface area contributed by atoms with Gasteiger partial charge in [0, 0.05) is 17.4 Å². The van der Waals surface area contributed by atoms with Crippen molar-refractivity contribution in [2.24, 2.45) is 0 Å². The summed E-state index contributed by atoms with van der Waals surface area (Å²) >= 11 is 0. The maximum atomic E-state index is 12.0. The molecule has 8 heteroatoms. The molecule has 0 aliphatic carbocycles. The van der Waals surface area contributed by atoms with Gasteiger partial charge in [0.25, 0.3) is 0 Å². The van der Waals surface area contributed by atoms with E-state index in [1.54, 1.807) is 52.1 Å². The van der Waals surface area contributed by atoms with Gasteiger partial charge in [-0.1, -0.05) is 0 Å². The summed E-state index contributed by atoms with van der Waals surface area (Å²) in [7, 11) is 3.02. The largest absolute Gasteiger partial charge is 0.497 e. The van der Waals surface area contributed by atoms with Crippen molar-refractivity contribution in [3.8, 4) is 11.6 Å². The first-order valence-electron chi connectivity index (χ1n) is 8.37. The minimum atomic E-state index is -1.20. The summed E-state index contributed by atoms with van der Waals surface area (Å²) in [5, 5.41) is 12.6. The van der Waals surface area contributed by atoms with E-state index in [0.29, 0.717) is 22.7 Å². The molecule has 8 nitrogen and oxygen atoms in total. The summed E-state index contributed by atoms with van der Waals surface area (Å²) in [4.78, 5) is 28.0. The van der Waals surface area contributed by atoms with Gasteiger partial charge in [-0.25, -0.2) is 14.6 Å². The maximum absolute atomic E-state index is 12.0. The number of carboxylic acids is 1. The number of rotatable bonds is 6. The van der Waals surface area contributed by atoms with E-state index >= 15 is 0 Å². The Morgan fingerprint density at radius 3 is 2.44 bits per heavy atom. The molecule has 2 aromatic rings. The zero-order chi connectivity index (χ0) is 20.2. The van der Waals surface area contributed by atoms with Crippen molar-refractivity contribution in [2.45, 2.75) is 38.8 Å². The highest BCUT2D eigenvalue weighted by atomic mass is 16.6. The third-order valence-corrected chi connectivity index (χ3v) is 3.67. The first-order valence-corrected chi connectivity index (χ1v) is 8.37. The van der Waals surface area contributed by atoms with E-state index in [-0.39, 0.29) is 6.42 Å². The van der Waals surface area contributed by atoms with E-state index in [9.17, 15) is 14.7 Å². The van der Waals surface area contributed by atoms with Gasteiger partial charge in [0.2, 0.25) is 5.88 Å². The topological polar surface area (TPSA) is 107 Å². The number of hydrogen-bond donors (Lipinski definition) is 2. The molecule has 0 bridgehead atoms. The average molecular weight is 376 g/mol. The van der Waals surface area contributed by atoms with Crippen LogP contribution in [-0.4, -0.2) is 48.0 Å². The van der Waals surface area contributed by atoms with E-state index in [4.69, 9.17) is 14.2 Å². The molecule has 2 rings (SSSR count). The quantitative estimate of drug-likeness (QED) is 0.798. The second-order valence-electron chi connectivity index (χ2n) is 6.96. The lowest BCUT2D eigenvalue weighted by atomic mass is 10.0. The summed E-state index contributed by atoms with van der Waals surface area (Å²) in [5.74, 6) is -0.236. The lowest BCUT2D eigenvalue weighted by Crippen LogP contribution is -2.44. The number of carboxylic acid groups (broad SMARTS) is 1. The Labute approximate surface area is 157 Å². The minimum Gasteiger partial charge on any atom is -0.497 e. The van der Waals surface area contributed by atoms with Crippen molar-refractivity contribution in [3.63, 3.8) is 0 Å². The first-order chi connectivity index (χ1) is 12.6. The molecule has 146 valence electrons. The Morgan fingerprint density at radius 1 is 1.19 bits per heavy atom. The molecule has 1 aromatic heterocycles. The fourth-order valence-corrected chi connectivity index (χ4v) is 2.50. The highest BCUT2D eigenvalue weighted by Crippen LogP contribution is 2.26. The minimum absolute atomic E-state index is 0.0160. The summed E-state index contributed by atoms with van der Waals surface area (Å²) in [6.45, 7) is 5.10. The van der Waals surface area contributed by atoms with E-state index in [1.165, 1.54) is 7.11 Å². The van der Waals surface area contributed by atoms with Gasteiger partial charge in [0.05, 0.1) is 19.7 Å². The highest BCUT2D eigenvalue weighted by molar-refractivity contribution is 5.83. The van der Waals surface area contributed by atoms with Gasteiger partial charge in [0.1, 0.15) is 17.4 Å². The molecule has 1 unspecified atom stereocenters. The van der Waals surface area contributed by atoms with Crippen molar-refractivity contribution in [1.29, 1.82) is 0 Å². The van der Waals surface area contributed by atoms with Crippen LogP contribution in [0, 0.1) is 0 Å². The van der Waals surface area contributed by atoms with Crippen LogP contribution in [0.4, 0.5) is 4.79 Å². The van der Waals surface area contributed by atoms with Crippen LogP contribution in [-0.2, 0) is 16.0 Å². The summed E-state index contributed by atoms with van der Waals surface area (Å²) < 4.78 is 15.6. The maximum Gasteiger partial charge on any atom is 0.408 e. The number of ether oxygens (including phenoxy) is 3. The van der Waals surface area contributed by atoms with Crippen molar-refractivity contribution < 1.29 is 28.9 Å². The van der Waals surface area contributed by atoms with E-state index in [0.717, 1.165) is 5.39 Å². The number of aliphatic carboxylic acids is 1. The van der Waals surface area contributed by atoms with E-state index < -0.39 is 23.7 Å². The third kappa shape index (κ3) is 5.47. The Morgan fingerprint density at radius 2 is 1.89 bits per heavy atom. The molecule has 2 N–H and O–H groups in total. The predicted molar refractivity (Wildman–Crippen MR) is 99.3 cm³/mol. The van der Waals surface area contributed by atoms with Gasteiger partial charge in [-0.2, -0.15) is 0 Å². The Bertz CT molecular complexity index is 844. The van der Waals surface area contributed by atoms with Crippen LogP contribution >= 0.6 is 0 Å². The van der Waals surface area contributed by atoms with E-state index in [2.05, 4.69) is 10.3 Å². The first kappa shape index (κ1) is 20.3. The SMILES string of the molecule is COc1ccc2nc(OC)c(CC(NC(=O)OC(C)(C)C)C(=O)O)cc2c1. The third-order valence-electron chi connectivity index (χ3n) is 3.67. The fourth-order valence-electron chi connectivity index (χ4n) is 2.50. The van der Waals surface area contributed by atoms with Crippen molar-refractivity contribution in [2.75, 3.05) is 14.2 Å². The second kappa shape index (κ2) is 8.11. The highest BCUT2D eigenvalue weighted by Gasteiger charge is 2.26. The molecule has 1 aromatic carbocycles.